The van der Waals surface area contributed by atoms with Crippen LogP contribution in [-0.2, 0) is 4.79 Å². The van der Waals surface area contributed by atoms with Crippen LogP contribution >= 0.6 is 15.9 Å². The zero-order valence-corrected chi connectivity index (χ0v) is 11.6. The van der Waals surface area contributed by atoms with E-state index in [4.69, 9.17) is 5.73 Å². The Morgan fingerprint density at radius 3 is 2.53 bits per heavy atom. The monoisotopic (exact) mass is 302 g/mol. The van der Waals surface area contributed by atoms with Gasteiger partial charge in [0.05, 0.1) is 11.7 Å². The van der Waals surface area contributed by atoms with Crippen LogP contribution in [0.15, 0.2) is 22.7 Å². The maximum atomic E-state index is 13.5. The van der Waals surface area contributed by atoms with Gasteiger partial charge in [-0.25, -0.2) is 4.39 Å². The number of amides is 1. The number of hydrogen-bond acceptors (Lipinski definition) is 2. The van der Waals surface area contributed by atoms with Gasteiger partial charge in [0.15, 0.2) is 0 Å². The zero-order chi connectivity index (χ0) is 13.2. The predicted octanol–water partition coefficient (Wildman–Crippen LogP) is 2.90. The summed E-state index contributed by atoms with van der Waals surface area (Å²) in [5.41, 5.74) is 5.55. The summed E-state index contributed by atoms with van der Waals surface area (Å²) in [6, 6.07) is 3.75. The van der Waals surface area contributed by atoms with Gasteiger partial charge in [0.1, 0.15) is 5.82 Å². The van der Waals surface area contributed by atoms with Gasteiger partial charge in [0.25, 0.3) is 0 Å². The van der Waals surface area contributed by atoms with Crippen molar-refractivity contribution in [1.82, 2.24) is 0 Å². The minimum Gasteiger partial charge on any atom is -0.322 e. The number of halogens is 2. The van der Waals surface area contributed by atoms with E-state index >= 15 is 0 Å². The van der Waals surface area contributed by atoms with E-state index in [9.17, 15) is 9.18 Å². The molecule has 0 aliphatic rings. The smallest absolute Gasteiger partial charge is 0.241 e. The van der Waals surface area contributed by atoms with Crippen LogP contribution in [0.2, 0.25) is 0 Å². The van der Waals surface area contributed by atoms with Crippen molar-refractivity contribution in [3.05, 3.63) is 28.5 Å². The van der Waals surface area contributed by atoms with Crippen molar-refractivity contribution in [1.29, 1.82) is 0 Å². The van der Waals surface area contributed by atoms with E-state index in [-0.39, 0.29) is 11.1 Å². The topological polar surface area (TPSA) is 55.1 Å². The minimum atomic E-state index is -0.689. The molecular weight excluding hydrogens is 287 g/mol. The van der Waals surface area contributed by atoms with E-state index < -0.39 is 17.8 Å². The molecule has 0 heterocycles. The van der Waals surface area contributed by atoms with E-state index in [1.165, 1.54) is 12.1 Å². The molecule has 0 saturated carbocycles. The first-order valence-electron chi connectivity index (χ1n) is 5.23. The van der Waals surface area contributed by atoms with E-state index in [1.54, 1.807) is 6.07 Å². The fourth-order valence-electron chi connectivity index (χ4n) is 1.19. The summed E-state index contributed by atoms with van der Waals surface area (Å²) in [5, 5.41) is 2.48. The summed E-state index contributed by atoms with van der Waals surface area (Å²) in [4.78, 5) is 11.8. The number of carbonyl (C=O) groups is 1. The Morgan fingerprint density at radius 2 is 2.06 bits per heavy atom. The molecule has 1 rings (SSSR count). The van der Waals surface area contributed by atoms with Crippen molar-refractivity contribution in [3.63, 3.8) is 0 Å². The quantitative estimate of drug-likeness (QED) is 0.882. The van der Waals surface area contributed by atoms with Gasteiger partial charge in [-0.3, -0.25) is 4.79 Å². The first-order chi connectivity index (χ1) is 7.71. The van der Waals surface area contributed by atoms with Crippen molar-refractivity contribution in [3.8, 4) is 0 Å². The molecule has 3 nitrogen and oxygen atoms in total. The Morgan fingerprint density at radius 1 is 1.47 bits per heavy atom. The third-order valence-corrected chi connectivity index (χ3v) is 2.90. The first-order valence-corrected chi connectivity index (χ1v) is 6.02. The normalized spacial score (nSPS) is 13.3. The average molecular weight is 303 g/mol. The van der Waals surface area contributed by atoms with Crippen molar-refractivity contribution >= 4 is 27.5 Å². The Kier molecular flexibility index (Phi) is 4.27. The Labute approximate surface area is 109 Å². The van der Waals surface area contributed by atoms with Gasteiger partial charge in [0.2, 0.25) is 5.91 Å². The predicted molar refractivity (Wildman–Crippen MR) is 70.2 cm³/mol. The molecule has 1 aromatic rings. The van der Waals surface area contributed by atoms with Gasteiger partial charge < -0.3 is 11.1 Å². The van der Waals surface area contributed by atoms with Crippen LogP contribution in [-0.4, -0.2) is 11.9 Å². The lowest BCUT2D eigenvalue weighted by Gasteiger charge is -2.25. The third-order valence-electron chi connectivity index (χ3n) is 2.40. The van der Waals surface area contributed by atoms with Crippen molar-refractivity contribution < 1.29 is 9.18 Å². The number of rotatable bonds is 2. The van der Waals surface area contributed by atoms with E-state index in [1.807, 2.05) is 20.8 Å². The molecule has 0 aliphatic heterocycles. The molecule has 1 amide bonds. The van der Waals surface area contributed by atoms with Crippen LogP contribution in [0.4, 0.5) is 10.1 Å². The molecule has 0 radical (unpaired) electrons. The molecule has 1 atom stereocenters. The highest BCUT2D eigenvalue weighted by Crippen LogP contribution is 2.22. The third kappa shape index (κ3) is 3.78. The lowest BCUT2D eigenvalue weighted by atomic mass is 9.87. The lowest BCUT2D eigenvalue weighted by molar-refractivity contribution is -0.119. The van der Waals surface area contributed by atoms with E-state index in [0.29, 0.717) is 4.47 Å². The summed E-state index contributed by atoms with van der Waals surface area (Å²) in [5.74, 6) is -0.882. The van der Waals surface area contributed by atoms with Crippen LogP contribution < -0.4 is 11.1 Å². The largest absolute Gasteiger partial charge is 0.322 e. The molecule has 0 unspecified atom stereocenters. The number of nitrogens with one attached hydrogen (secondary N) is 1. The van der Waals surface area contributed by atoms with Gasteiger partial charge in [-0.15, -0.1) is 0 Å². The molecule has 94 valence electrons. The highest BCUT2D eigenvalue weighted by molar-refractivity contribution is 9.10. The molecule has 3 N–H and O–H groups in total. The molecule has 1 aromatic carbocycles. The minimum absolute atomic E-state index is 0.137. The highest BCUT2D eigenvalue weighted by atomic mass is 79.9. The number of hydrogen-bond donors (Lipinski definition) is 2. The van der Waals surface area contributed by atoms with Gasteiger partial charge in [-0.05, 0) is 23.6 Å². The maximum Gasteiger partial charge on any atom is 0.241 e. The Hall–Kier alpha value is -0.940. The molecule has 0 bridgehead atoms. The molecule has 5 heteroatoms. The van der Waals surface area contributed by atoms with Gasteiger partial charge in [-0.1, -0.05) is 36.7 Å². The van der Waals surface area contributed by atoms with Crippen LogP contribution in [0.5, 0.6) is 0 Å². The van der Waals surface area contributed by atoms with Crippen molar-refractivity contribution in [2.75, 3.05) is 5.32 Å². The van der Waals surface area contributed by atoms with Crippen LogP contribution in [0, 0.1) is 11.2 Å². The second-order valence-electron chi connectivity index (χ2n) is 4.96. The SMILES string of the molecule is CC(C)(C)[C@H](N)C(=O)Nc1ccc(Br)cc1F. The van der Waals surface area contributed by atoms with Gasteiger partial charge in [0, 0.05) is 4.47 Å². The molecule has 17 heavy (non-hydrogen) atoms. The molecule has 0 aromatic heterocycles. The maximum absolute atomic E-state index is 13.5. The van der Waals surface area contributed by atoms with Crippen LogP contribution in [0.3, 0.4) is 0 Å². The fraction of sp³-hybridized carbons (Fsp3) is 0.417. The summed E-state index contributed by atoms with van der Waals surface area (Å²) >= 11 is 3.15. The second kappa shape index (κ2) is 5.14. The average Bonchev–Trinajstić information content (AvgIpc) is 2.19. The van der Waals surface area contributed by atoms with E-state index in [0.717, 1.165) is 0 Å². The number of anilines is 1. The fourth-order valence-corrected chi connectivity index (χ4v) is 1.53. The Balaban J connectivity index is 2.82. The van der Waals surface area contributed by atoms with E-state index in [2.05, 4.69) is 21.2 Å². The summed E-state index contributed by atoms with van der Waals surface area (Å²) in [6.45, 7) is 5.57. The second-order valence-corrected chi connectivity index (χ2v) is 5.87. The molecular formula is C12H16BrFN2O. The van der Waals surface area contributed by atoms with Crippen LogP contribution in [0.25, 0.3) is 0 Å². The number of benzene rings is 1. The Bertz CT molecular complexity index is 429. The number of carbonyl (C=O) groups excluding carboxylic acids is 1. The molecule has 0 fully saturated rings. The molecule has 0 aliphatic carbocycles. The highest BCUT2D eigenvalue weighted by Gasteiger charge is 2.27. The van der Waals surface area contributed by atoms with Gasteiger partial charge in [-0.2, -0.15) is 0 Å². The van der Waals surface area contributed by atoms with Crippen molar-refractivity contribution in [2.24, 2.45) is 11.1 Å². The first kappa shape index (κ1) is 14.1. The summed E-state index contributed by atoms with van der Waals surface area (Å²) in [6.07, 6.45) is 0. The van der Waals surface area contributed by atoms with Crippen LogP contribution in [0.1, 0.15) is 20.8 Å². The number of nitrogens with two attached hydrogens (primary N) is 1. The standard InChI is InChI=1S/C12H16BrFN2O/c1-12(2,3)10(15)11(17)16-9-5-4-7(13)6-8(9)14/h4-6,10H,15H2,1-3H3,(H,16,17)/t10-/m1/s1. The van der Waals surface area contributed by atoms with Crippen molar-refractivity contribution in [2.45, 2.75) is 26.8 Å². The van der Waals surface area contributed by atoms with Gasteiger partial charge >= 0.3 is 0 Å². The molecule has 0 saturated heterocycles. The summed E-state index contributed by atoms with van der Waals surface area (Å²) in [7, 11) is 0. The summed E-state index contributed by atoms with van der Waals surface area (Å²) < 4.78 is 14.1. The molecule has 0 spiro atoms. The zero-order valence-electron chi connectivity index (χ0n) is 10.1. The lowest BCUT2D eigenvalue weighted by Crippen LogP contribution is -2.45.